The van der Waals surface area contributed by atoms with Crippen LogP contribution in [0, 0.1) is 17.8 Å². The van der Waals surface area contributed by atoms with Gasteiger partial charge in [0.1, 0.15) is 0 Å². The maximum absolute atomic E-state index is 13.8. The summed E-state index contributed by atoms with van der Waals surface area (Å²) in [6, 6.07) is 13.4. The molecule has 5 atom stereocenters. The highest BCUT2D eigenvalue weighted by Crippen LogP contribution is 2.25. The van der Waals surface area contributed by atoms with E-state index in [1.807, 2.05) is 48.5 Å². The minimum Gasteiger partial charge on any atom is -0.369 e. The summed E-state index contributed by atoms with van der Waals surface area (Å²) in [5.41, 5.74) is 21.5. The number of ketones is 3. The number of amides is 3. The quantitative estimate of drug-likeness (QED) is 0.0428. The van der Waals surface area contributed by atoms with E-state index < -0.39 is 53.3 Å². The molecule has 57 heavy (non-hydrogen) atoms. The standard InChI is InChI=1S/C42H53N9O6/c1-25(38(53)17-26(40(45)55)8-6-7-13-43)51-42(57)27(14-29-20-47-36-11-4-2-9-33(29)36)16-32(52)23-49-41(56)28(15-30-21-48-37-12-5-3-10-34(30)37)18-39(54)35(44)19-31-22-46-24-50-31/h2-5,9-12,20-22,24-28,35,47-48H,6-8,13-19,23,43-44H2,1H3,(H2,45,55)(H,46,50)(H,49,56)(H,51,57)/t25-,26-,27-,28+,35+/m1/s1. The summed E-state index contributed by atoms with van der Waals surface area (Å²) in [6.45, 7) is 1.62. The number of imidazole rings is 1. The number of benzene rings is 2. The molecule has 0 unspecified atom stereocenters. The molecule has 2 aromatic carbocycles. The van der Waals surface area contributed by atoms with Crippen molar-refractivity contribution < 1.29 is 28.8 Å². The Kier molecular flexibility index (Phi) is 15.0. The van der Waals surface area contributed by atoms with E-state index in [4.69, 9.17) is 17.2 Å². The minimum absolute atomic E-state index is 0.129. The predicted molar refractivity (Wildman–Crippen MR) is 216 cm³/mol. The lowest BCUT2D eigenvalue weighted by Crippen LogP contribution is -2.44. The van der Waals surface area contributed by atoms with Crippen molar-refractivity contribution >= 4 is 56.9 Å². The van der Waals surface area contributed by atoms with Gasteiger partial charge >= 0.3 is 0 Å². The number of Topliss-reactive ketones (excluding diaryl/α,β-unsaturated/α-hetero) is 3. The molecule has 3 heterocycles. The Morgan fingerprint density at radius 3 is 1.91 bits per heavy atom. The lowest BCUT2D eigenvalue weighted by Gasteiger charge is -2.21. The number of fused-ring (bicyclic) bond motifs is 2. The second-order valence-corrected chi connectivity index (χ2v) is 14.8. The van der Waals surface area contributed by atoms with Crippen LogP contribution >= 0.6 is 0 Å². The van der Waals surface area contributed by atoms with Crippen molar-refractivity contribution in [1.29, 1.82) is 0 Å². The van der Waals surface area contributed by atoms with Crippen LogP contribution in [0.2, 0.25) is 0 Å². The molecule has 3 aromatic heterocycles. The summed E-state index contributed by atoms with van der Waals surface area (Å²) in [5, 5.41) is 7.28. The molecule has 0 saturated heterocycles. The predicted octanol–water partition coefficient (Wildman–Crippen LogP) is 2.69. The van der Waals surface area contributed by atoms with Gasteiger partial charge in [0, 0.05) is 89.5 Å². The average Bonchev–Trinajstić information content (AvgIpc) is 3.97. The van der Waals surface area contributed by atoms with E-state index >= 15 is 0 Å². The number of H-pyrrole nitrogens is 3. The van der Waals surface area contributed by atoms with Crippen LogP contribution in [0.15, 0.2) is 73.4 Å². The summed E-state index contributed by atoms with van der Waals surface area (Å²) in [5.74, 6) is -5.11. The summed E-state index contributed by atoms with van der Waals surface area (Å²) >= 11 is 0. The number of carbonyl (C=O) groups excluding carboxylic acids is 6. The fraction of sp³-hybridized carbons (Fsp3) is 0.405. The summed E-state index contributed by atoms with van der Waals surface area (Å²) < 4.78 is 0. The number of nitrogens with zero attached hydrogens (tertiary/aromatic N) is 1. The Balaban J connectivity index is 1.27. The third-order valence-corrected chi connectivity index (χ3v) is 10.5. The number of nitrogens with one attached hydrogen (secondary N) is 5. The van der Waals surface area contributed by atoms with Crippen molar-refractivity contribution in [3.05, 3.63) is 90.3 Å². The number of para-hydroxylation sites is 2. The van der Waals surface area contributed by atoms with E-state index in [1.54, 1.807) is 25.5 Å². The second-order valence-electron chi connectivity index (χ2n) is 14.8. The Morgan fingerprint density at radius 2 is 1.33 bits per heavy atom. The lowest BCUT2D eigenvalue weighted by atomic mass is 9.90. The van der Waals surface area contributed by atoms with Crippen LogP contribution in [0.1, 0.15) is 62.3 Å². The van der Waals surface area contributed by atoms with E-state index in [9.17, 15) is 28.8 Å². The van der Waals surface area contributed by atoms with Crippen LogP contribution < -0.4 is 27.8 Å². The Hall–Kier alpha value is -5.93. The van der Waals surface area contributed by atoms with Crippen molar-refractivity contribution in [2.45, 2.75) is 76.8 Å². The van der Waals surface area contributed by atoms with Crippen molar-refractivity contribution in [3.63, 3.8) is 0 Å². The lowest BCUT2D eigenvalue weighted by molar-refractivity contribution is -0.133. The van der Waals surface area contributed by atoms with Crippen molar-refractivity contribution in [2.24, 2.45) is 35.0 Å². The topological polar surface area (TPSA) is 265 Å². The van der Waals surface area contributed by atoms with Crippen molar-refractivity contribution in [3.8, 4) is 0 Å². The molecule has 0 aliphatic rings. The highest BCUT2D eigenvalue weighted by atomic mass is 16.2. The zero-order chi connectivity index (χ0) is 40.9. The van der Waals surface area contributed by atoms with E-state index in [2.05, 4.69) is 30.6 Å². The van der Waals surface area contributed by atoms with E-state index in [1.165, 1.54) is 6.33 Å². The largest absolute Gasteiger partial charge is 0.369 e. The summed E-state index contributed by atoms with van der Waals surface area (Å²) in [7, 11) is 0. The summed E-state index contributed by atoms with van der Waals surface area (Å²) in [4.78, 5) is 93.2. The SMILES string of the molecule is C[C@@H](NC(=O)[C@@H](CC(=O)CNC(=O)[C@H](CC(=O)[C@@H](N)Cc1cnc[nH]1)Cc1c[nH]c2ccccc12)Cc1c[nH]c2ccccc12)C(=O)C[C@@H](CCCCN)C(N)=O. The van der Waals surface area contributed by atoms with Gasteiger partial charge < -0.3 is 42.8 Å². The second kappa shape index (κ2) is 20.3. The van der Waals surface area contributed by atoms with E-state index in [0.29, 0.717) is 31.5 Å². The first-order valence-electron chi connectivity index (χ1n) is 19.4. The van der Waals surface area contributed by atoms with Crippen LogP contribution in [0.4, 0.5) is 0 Å². The molecule has 5 aromatic rings. The van der Waals surface area contributed by atoms with Crippen LogP contribution in [0.25, 0.3) is 21.8 Å². The highest BCUT2D eigenvalue weighted by Gasteiger charge is 2.30. The molecule has 15 nitrogen and oxygen atoms in total. The molecule has 0 spiro atoms. The minimum atomic E-state index is -0.948. The number of aromatic amines is 3. The molecular weight excluding hydrogens is 727 g/mol. The fourth-order valence-electron chi connectivity index (χ4n) is 7.18. The maximum Gasteiger partial charge on any atom is 0.224 e. The monoisotopic (exact) mass is 779 g/mol. The number of nitrogens with two attached hydrogens (primary N) is 3. The normalized spacial score (nSPS) is 14.1. The molecule has 302 valence electrons. The first-order valence-corrected chi connectivity index (χ1v) is 19.4. The molecule has 0 fully saturated rings. The number of hydrogen-bond acceptors (Lipinski definition) is 9. The van der Waals surface area contributed by atoms with Gasteiger partial charge in [0.2, 0.25) is 17.7 Å². The molecule has 3 amide bonds. The van der Waals surface area contributed by atoms with E-state index in [-0.39, 0.29) is 56.6 Å². The van der Waals surface area contributed by atoms with Crippen molar-refractivity contribution in [1.82, 2.24) is 30.6 Å². The molecule has 0 aliphatic carbocycles. The molecule has 0 saturated carbocycles. The Labute approximate surface area is 330 Å². The zero-order valence-electron chi connectivity index (χ0n) is 32.2. The Morgan fingerprint density at radius 1 is 0.737 bits per heavy atom. The van der Waals surface area contributed by atoms with Crippen molar-refractivity contribution in [2.75, 3.05) is 13.1 Å². The van der Waals surface area contributed by atoms with Gasteiger partial charge in [0.25, 0.3) is 0 Å². The van der Waals surface area contributed by atoms with Gasteiger partial charge in [-0.1, -0.05) is 42.8 Å². The van der Waals surface area contributed by atoms with E-state index in [0.717, 1.165) is 32.9 Å². The van der Waals surface area contributed by atoms with Crippen LogP contribution in [-0.2, 0) is 48.0 Å². The van der Waals surface area contributed by atoms with Gasteiger partial charge in [-0.3, -0.25) is 28.8 Å². The van der Waals surface area contributed by atoms with Gasteiger partial charge in [0.15, 0.2) is 17.3 Å². The molecule has 11 N–H and O–H groups in total. The Bertz CT molecular complexity index is 2160. The van der Waals surface area contributed by atoms with Gasteiger partial charge in [-0.15, -0.1) is 0 Å². The number of rotatable bonds is 24. The maximum atomic E-state index is 13.8. The smallest absolute Gasteiger partial charge is 0.224 e. The number of hydrogen-bond donors (Lipinski definition) is 8. The third-order valence-electron chi connectivity index (χ3n) is 10.5. The van der Waals surface area contributed by atoms with Crippen LogP contribution in [0.5, 0.6) is 0 Å². The molecule has 0 aliphatic heterocycles. The number of primary amides is 1. The molecule has 0 radical (unpaired) electrons. The third kappa shape index (κ3) is 11.8. The van der Waals surface area contributed by atoms with Gasteiger partial charge in [-0.05, 0) is 62.4 Å². The van der Waals surface area contributed by atoms with Gasteiger partial charge in [0.05, 0.1) is 25.0 Å². The zero-order valence-corrected chi connectivity index (χ0v) is 32.2. The number of unbranched alkanes of at least 4 members (excludes halogenated alkanes) is 1. The molecule has 15 heteroatoms. The first-order chi connectivity index (χ1) is 27.4. The first kappa shape index (κ1) is 42.2. The summed E-state index contributed by atoms with van der Waals surface area (Å²) in [6.07, 6.45) is 8.52. The number of carbonyl (C=O) groups is 6. The molecule has 0 bridgehead atoms. The fourth-order valence-corrected chi connectivity index (χ4v) is 7.18. The highest BCUT2D eigenvalue weighted by molar-refractivity contribution is 5.96. The van der Waals surface area contributed by atoms with Crippen LogP contribution in [0.3, 0.4) is 0 Å². The van der Waals surface area contributed by atoms with Gasteiger partial charge in [-0.25, -0.2) is 4.98 Å². The molecule has 5 rings (SSSR count). The number of aromatic nitrogens is 4. The van der Waals surface area contributed by atoms with Crippen LogP contribution in [-0.4, -0.2) is 80.2 Å². The molecular formula is C42H53N9O6. The van der Waals surface area contributed by atoms with Gasteiger partial charge in [-0.2, -0.15) is 0 Å². The average molecular weight is 780 g/mol.